The van der Waals surface area contributed by atoms with E-state index in [1.165, 1.54) is 44.9 Å². The molecule has 0 unspecified atom stereocenters. The van der Waals surface area contributed by atoms with E-state index in [2.05, 4.69) is 9.88 Å². The maximum Gasteiger partial charge on any atom is 0.129 e. The zero-order valence-electron chi connectivity index (χ0n) is 12.6. The van der Waals surface area contributed by atoms with Gasteiger partial charge in [-0.2, -0.15) is 0 Å². The smallest absolute Gasteiger partial charge is 0.129 e. The molecular formula is C17H26N2O. The number of aromatic nitrogens is 1. The summed E-state index contributed by atoms with van der Waals surface area (Å²) in [5.41, 5.74) is 2.62. The Morgan fingerprint density at radius 3 is 2.45 bits per heavy atom. The van der Waals surface area contributed by atoms with Crippen LogP contribution in [0, 0.1) is 12.3 Å². The molecule has 0 aromatic carbocycles. The standard InChI is InChI=1S/C17H26N2O/c1-14-11-15(13-20)12-16(18-14)19-9-7-17(8-10-19)5-3-2-4-6-17/h11-12,20H,2-10,13H2,1H3. The molecule has 1 aliphatic heterocycles. The van der Waals surface area contributed by atoms with Crippen LogP contribution in [-0.2, 0) is 6.61 Å². The summed E-state index contributed by atoms with van der Waals surface area (Å²) in [6.45, 7) is 4.37. The van der Waals surface area contributed by atoms with Gasteiger partial charge < -0.3 is 10.0 Å². The van der Waals surface area contributed by atoms with Crippen LogP contribution in [0.15, 0.2) is 12.1 Å². The molecule has 0 radical (unpaired) electrons. The molecule has 2 aliphatic rings. The van der Waals surface area contributed by atoms with Crippen molar-refractivity contribution in [2.75, 3.05) is 18.0 Å². The van der Waals surface area contributed by atoms with Gasteiger partial charge in [0.15, 0.2) is 0 Å². The molecule has 2 fully saturated rings. The van der Waals surface area contributed by atoms with Crippen molar-refractivity contribution in [2.45, 2.75) is 58.5 Å². The fourth-order valence-electron chi connectivity index (χ4n) is 3.99. The van der Waals surface area contributed by atoms with Gasteiger partial charge in [-0.1, -0.05) is 19.3 Å². The minimum Gasteiger partial charge on any atom is -0.392 e. The molecule has 3 nitrogen and oxygen atoms in total. The van der Waals surface area contributed by atoms with Crippen molar-refractivity contribution in [3.8, 4) is 0 Å². The van der Waals surface area contributed by atoms with E-state index in [0.29, 0.717) is 5.41 Å². The van der Waals surface area contributed by atoms with Gasteiger partial charge in [-0.25, -0.2) is 4.98 Å². The van der Waals surface area contributed by atoms with Crippen LogP contribution in [0.1, 0.15) is 56.2 Å². The van der Waals surface area contributed by atoms with Gasteiger partial charge in [0.1, 0.15) is 5.82 Å². The van der Waals surface area contributed by atoms with E-state index < -0.39 is 0 Å². The Hall–Kier alpha value is -1.09. The number of pyridine rings is 1. The molecule has 0 amide bonds. The van der Waals surface area contributed by atoms with Crippen molar-refractivity contribution >= 4 is 5.82 Å². The van der Waals surface area contributed by atoms with Crippen molar-refractivity contribution in [2.24, 2.45) is 5.41 Å². The molecule has 3 rings (SSSR count). The molecule has 1 N–H and O–H groups in total. The lowest BCUT2D eigenvalue weighted by molar-refractivity contribution is 0.144. The molecule has 1 aromatic heterocycles. The number of aryl methyl sites for hydroxylation is 1. The fraction of sp³-hybridized carbons (Fsp3) is 0.706. The van der Waals surface area contributed by atoms with Gasteiger partial charge in [-0.05, 0) is 55.7 Å². The van der Waals surface area contributed by atoms with Gasteiger partial charge in [-0.15, -0.1) is 0 Å². The Morgan fingerprint density at radius 1 is 1.10 bits per heavy atom. The second kappa shape index (κ2) is 5.72. The van der Waals surface area contributed by atoms with Crippen molar-refractivity contribution in [3.05, 3.63) is 23.4 Å². The first-order valence-corrected chi connectivity index (χ1v) is 8.04. The molecule has 1 spiro atoms. The van der Waals surface area contributed by atoms with E-state index in [1.54, 1.807) is 0 Å². The van der Waals surface area contributed by atoms with Gasteiger partial charge >= 0.3 is 0 Å². The number of piperidine rings is 1. The largest absolute Gasteiger partial charge is 0.392 e. The Bertz CT molecular complexity index is 456. The highest BCUT2D eigenvalue weighted by Crippen LogP contribution is 2.44. The summed E-state index contributed by atoms with van der Waals surface area (Å²) < 4.78 is 0. The summed E-state index contributed by atoms with van der Waals surface area (Å²) in [5, 5.41) is 9.34. The number of nitrogens with zero attached hydrogens (tertiary/aromatic N) is 2. The minimum atomic E-state index is 0.105. The van der Waals surface area contributed by atoms with E-state index in [0.717, 1.165) is 30.2 Å². The van der Waals surface area contributed by atoms with E-state index in [4.69, 9.17) is 0 Å². The fourth-order valence-corrected chi connectivity index (χ4v) is 3.99. The van der Waals surface area contributed by atoms with Crippen LogP contribution in [0.4, 0.5) is 5.82 Å². The number of aliphatic hydroxyl groups excluding tert-OH is 1. The quantitative estimate of drug-likeness (QED) is 0.897. The minimum absolute atomic E-state index is 0.105. The van der Waals surface area contributed by atoms with Gasteiger partial charge in [0.2, 0.25) is 0 Å². The number of hydrogen-bond acceptors (Lipinski definition) is 3. The maximum atomic E-state index is 9.34. The lowest BCUT2D eigenvalue weighted by Crippen LogP contribution is -2.41. The molecule has 110 valence electrons. The predicted molar refractivity (Wildman–Crippen MR) is 81.9 cm³/mol. The molecule has 3 heteroatoms. The van der Waals surface area contributed by atoms with Crippen LogP contribution < -0.4 is 4.90 Å². The molecule has 0 bridgehead atoms. The summed E-state index contributed by atoms with van der Waals surface area (Å²) in [6.07, 6.45) is 9.79. The van der Waals surface area contributed by atoms with E-state index in [1.807, 2.05) is 19.1 Å². The van der Waals surface area contributed by atoms with Gasteiger partial charge in [0.05, 0.1) is 6.61 Å². The highest BCUT2D eigenvalue weighted by atomic mass is 16.3. The SMILES string of the molecule is Cc1cc(CO)cc(N2CCC3(CCCCC3)CC2)n1. The molecule has 20 heavy (non-hydrogen) atoms. The first-order valence-electron chi connectivity index (χ1n) is 8.04. The molecule has 1 saturated carbocycles. The third kappa shape index (κ3) is 2.83. The first kappa shape index (κ1) is 13.9. The number of aliphatic hydroxyl groups is 1. The Morgan fingerprint density at radius 2 is 1.80 bits per heavy atom. The highest BCUT2D eigenvalue weighted by Gasteiger charge is 2.35. The summed E-state index contributed by atoms with van der Waals surface area (Å²) in [7, 11) is 0. The zero-order valence-corrected chi connectivity index (χ0v) is 12.6. The summed E-state index contributed by atoms with van der Waals surface area (Å²) in [4.78, 5) is 7.06. The molecule has 1 saturated heterocycles. The lowest BCUT2D eigenvalue weighted by atomic mass is 9.68. The topological polar surface area (TPSA) is 36.4 Å². The second-order valence-corrected chi connectivity index (χ2v) is 6.68. The van der Waals surface area contributed by atoms with Crippen molar-refractivity contribution in [1.29, 1.82) is 0 Å². The van der Waals surface area contributed by atoms with Crippen LogP contribution in [-0.4, -0.2) is 23.2 Å². The van der Waals surface area contributed by atoms with Crippen molar-refractivity contribution < 1.29 is 5.11 Å². The molecule has 1 aromatic rings. The second-order valence-electron chi connectivity index (χ2n) is 6.68. The van der Waals surface area contributed by atoms with Crippen LogP contribution in [0.5, 0.6) is 0 Å². The van der Waals surface area contributed by atoms with Crippen LogP contribution in [0.25, 0.3) is 0 Å². The highest BCUT2D eigenvalue weighted by molar-refractivity contribution is 5.43. The number of hydrogen-bond donors (Lipinski definition) is 1. The Kier molecular flexibility index (Phi) is 3.97. The summed E-state index contributed by atoms with van der Waals surface area (Å²) in [5.74, 6) is 1.06. The maximum absolute atomic E-state index is 9.34. The van der Waals surface area contributed by atoms with Crippen LogP contribution >= 0.6 is 0 Å². The summed E-state index contributed by atoms with van der Waals surface area (Å²) >= 11 is 0. The zero-order chi connectivity index (χ0) is 14.0. The van der Waals surface area contributed by atoms with Gasteiger partial charge in [-0.3, -0.25) is 0 Å². The van der Waals surface area contributed by atoms with Gasteiger partial charge in [0, 0.05) is 18.8 Å². The number of rotatable bonds is 2. The van der Waals surface area contributed by atoms with E-state index in [-0.39, 0.29) is 6.61 Å². The monoisotopic (exact) mass is 274 g/mol. The number of anilines is 1. The Labute approximate surface area is 122 Å². The third-order valence-electron chi connectivity index (χ3n) is 5.24. The van der Waals surface area contributed by atoms with E-state index in [9.17, 15) is 5.11 Å². The first-order chi connectivity index (χ1) is 9.71. The van der Waals surface area contributed by atoms with Crippen LogP contribution in [0.3, 0.4) is 0 Å². The van der Waals surface area contributed by atoms with Crippen LogP contribution in [0.2, 0.25) is 0 Å². The molecule has 1 aliphatic carbocycles. The normalized spacial score (nSPS) is 22.2. The average molecular weight is 274 g/mol. The van der Waals surface area contributed by atoms with Crippen molar-refractivity contribution in [1.82, 2.24) is 4.98 Å². The van der Waals surface area contributed by atoms with Crippen molar-refractivity contribution in [3.63, 3.8) is 0 Å². The molecule has 2 heterocycles. The van der Waals surface area contributed by atoms with E-state index >= 15 is 0 Å². The molecule has 0 atom stereocenters. The third-order valence-corrected chi connectivity index (χ3v) is 5.24. The predicted octanol–water partition coefficient (Wildman–Crippen LogP) is 3.43. The average Bonchev–Trinajstić information content (AvgIpc) is 2.48. The van der Waals surface area contributed by atoms with Gasteiger partial charge in [0.25, 0.3) is 0 Å². The Balaban J connectivity index is 1.70. The summed E-state index contributed by atoms with van der Waals surface area (Å²) in [6, 6.07) is 4.02. The lowest BCUT2D eigenvalue weighted by Gasteiger charge is -2.44. The molecular weight excluding hydrogens is 248 g/mol.